The van der Waals surface area contributed by atoms with Crippen LogP contribution in [0, 0.1) is 11.8 Å². The van der Waals surface area contributed by atoms with Gasteiger partial charge in [0.05, 0.1) is 24.6 Å². The number of fused-ring (bicyclic) bond motifs is 1. The summed E-state index contributed by atoms with van der Waals surface area (Å²) < 4.78 is 94.9. The maximum atomic E-state index is 14.7. The van der Waals surface area contributed by atoms with E-state index in [2.05, 4.69) is 24.7 Å². The first-order chi connectivity index (χ1) is 15.8. The Hall–Kier alpha value is -2.94. The minimum absolute atomic E-state index is 0.0418. The van der Waals surface area contributed by atoms with Crippen molar-refractivity contribution in [3.63, 3.8) is 0 Å². The Morgan fingerprint density at radius 3 is 2.59 bits per heavy atom. The Morgan fingerprint density at radius 2 is 1.91 bits per heavy atom. The molecule has 3 aromatic rings. The molecule has 1 aliphatic rings. The lowest BCUT2D eigenvalue weighted by Crippen LogP contribution is -2.56. The van der Waals surface area contributed by atoms with E-state index in [0.29, 0.717) is 0 Å². The molecule has 1 fully saturated rings. The molecule has 1 saturated heterocycles. The number of alkyl halides is 5. The van der Waals surface area contributed by atoms with Crippen molar-refractivity contribution in [2.75, 3.05) is 30.8 Å². The average molecular weight is 505 g/mol. The molecule has 0 radical (unpaired) electrons. The number of halogens is 5. The summed E-state index contributed by atoms with van der Waals surface area (Å²) in [6, 6.07) is 1.49. The summed E-state index contributed by atoms with van der Waals surface area (Å²) in [6.45, 7) is 0.655. The van der Waals surface area contributed by atoms with Gasteiger partial charge in [0.25, 0.3) is 5.92 Å². The van der Waals surface area contributed by atoms with Crippen LogP contribution in [0.15, 0.2) is 30.9 Å². The van der Waals surface area contributed by atoms with Crippen LogP contribution in [-0.2, 0) is 16.2 Å². The van der Waals surface area contributed by atoms with Crippen LogP contribution in [0.25, 0.3) is 17.2 Å². The van der Waals surface area contributed by atoms with Crippen molar-refractivity contribution in [1.82, 2.24) is 29.1 Å². The van der Waals surface area contributed by atoms with Crippen LogP contribution < -0.4 is 9.62 Å². The van der Waals surface area contributed by atoms with E-state index in [4.69, 9.17) is 0 Å². The van der Waals surface area contributed by atoms with Crippen molar-refractivity contribution in [1.29, 1.82) is 0 Å². The smallest absolute Gasteiger partial charge is 0.355 e. The highest BCUT2D eigenvalue weighted by Crippen LogP contribution is 2.39. The lowest BCUT2D eigenvalue weighted by Gasteiger charge is -2.43. The Kier molecular flexibility index (Phi) is 5.96. The maximum Gasteiger partial charge on any atom is 0.434 e. The Balaban J connectivity index is 1.66. The van der Waals surface area contributed by atoms with Crippen molar-refractivity contribution in [3.8, 4) is 11.5 Å². The van der Waals surface area contributed by atoms with Crippen molar-refractivity contribution in [2.24, 2.45) is 11.8 Å². The van der Waals surface area contributed by atoms with Gasteiger partial charge in [-0.05, 0) is 6.07 Å². The standard InChI is InChI=1S/C19H20F5N7O2S/c1-11-8-30(9-12(18(11,20)21)5-28-34(2,32)33)15-3-4-25-17(29-15)13-6-27-16-7-26-14(10-31(13)16)19(22,23)24/h3-4,6-7,10-12,28H,5,8-9H2,1-2H3/t11-,12+/m0/s1. The molecule has 34 heavy (non-hydrogen) atoms. The molecule has 0 aromatic carbocycles. The van der Waals surface area contributed by atoms with E-state index in [-0.39, 0.29) is 36.1 Å². The highest BCUT2D eigenvalue weighted by Gasteiger charge is 2.49. The van der Waals surface area contributed by atoms with Gasteiger partial charge >= 0.3 is 6.18 Å². The molecule has 1 aliphatic heterocycles. The summed E-state index contributed by atoms with van der Waals surface area (Å²) in [5, 5.41) is 0. The summed E-state index contributed by atoms with van der Waals surface area (Å²) in [7, 11) is -3.67. The first-order valence-electron chi connectivity index (χ1n) is 10.1. The van der Waals surface area contributed by atoms with Crippen molar-refractivity contribution in [2.45, 2.75) is 19.0 Å². The number of imidazole rings is 1. The Labute approximate surface area is 191 Å². The van der Waals surface area contributed by atoms with Gasteiger partial charge in [0.1, 0.15) is 11.5 Å². The number of aromatic nitrogens is 5. The molecule has 184 valence electrons. The van der Waals surface area contributed by atoms with Crippen LogP contribution in [-0.4, -0.2) is 64.6 Å². The van der Waals surface area contributed by atoms with Gasteiger partial charge in [0.2, 0.25) is 10.0 Å². The molecular weight excluding hydrogens is 485 g/mol. The van der Waals surface area contributed by atoms with Gasteiger partial charge < -0.3 is 4.90 Å². The summed E-state index contributed by atoms with van der Waals surface area (Å²) in [4.78, 5) is 17.5. The van der Waals surface area contributed by atoms with Gasteiger partial charge in [-0.2, -0.15) is 13.2 Å². The van der Waals surface area contributed by atoms with E-state index < -0.39 is 46.2 Å². The topological polar surface area (TPSA) is 105 Å². The molecule has 0 unspecified atom stereocenters. The van der Waals surface area contributed by atoms with E-state index in [9.17, 15) is 30.4 Å². The molecule has 0 saturated carbocycles. The predicted octanol–water partition coefficient (Wildman–Crippen LogP) is 2.46. The fourth-order valence-electron chi connectivity index (χ4n) is 3.81. The molecule has 3 aromatic heterocycles. The van der Waals surface area contributed by atoms with Crippen LogP contribution in [0.4, 0.5) is 27.8 Å². The Morgan fingerprint density at radius 1 is 1.18 bits per heavy atom. The van der Waals surface area contributed by atoms with Crippen molar-refractivity contribution < 1.29 is 30.4 Å². The highest BCUT2D eigenvalue weighted by molar-refractivity contribution is 7.88. The van der Waals surface area contributed by atoms with E-state index in [1.54, 1.807) is 4.90 Å². The number of piperidine rings is 1. The minimum Gasteiger partial charge on any atom is -0.355 e. The van der Waals surface area contributed by atoms with Gasteiger partial charge in [-0.15, -0.1) is 0 Å². The highest BCUT2D eigenvalue weighted by atomic mass is 32.2. The molecule has 1 N–H and O–H groups in total. The van der Waals surface area contributed by atoms with Crippen LogP contribution in [0.2, 0.25) is 0 Å². The van der Waals surface area contributed by atoms with Gasteiger partial charge in [-0.3, -0.25) is 4.40 Å². The second-order valence-corrected chi connectivity index (χ2v) is 10.0. The first-order valence-corrected chi connectivity index (χ1v) is 12.0. The number of sulfonamides is 1. The third-order valence-electron chi connectivity index (χ3n) is 5.61. The first kappa shape index (κ1) is 24.2. The van der Waals surface area contributed by atoms with Gasteiger partial charge in [0, 0.05) is 37.9 Å². The number of rotatable bonds is 5. The predicted molar refractivity (Wildman–Crippen MR) is 112 cm³/mol. The fourth-order valence-corrected chi connectivity index (χ4v) is 4.31. The summed E-state index contributed by atoms with van der Waals surface area (Å²) in [6.07, 6.45) is 0.643. The third kappa shape index (κ3) is 4.80. The monoisotopic (exact) mass is 505 g/mol. The molecule has 2 atom stereocenters. The summed E-state index contributed by atoms with van der Waals surface area (Å²) >= 11 is 0. The zero-order chi connectivity index (χ0) is 24.9. The van der Waals surface area contributed by atoms with E-state index in [0.717, 1.165) is 23.1 Å². The van der Waals surface area contributed by atoms with E-state index in [1.807, 2.05) is 0 Å². The van der Waals surface area contributed by atoms with Crippen molar-refractivity contribution in [3.05, 3.63) is 36.5 Å². The lowest BCUT2D eigenvalue weighted by molar-refractivity contribution is -0.141. The van der Waals surface area contributed by atoms with Crippen molar-refractivity contribution >= 4 is 21.5 Å². The molecule has 0 aliphatic carbocycles. The second-order valence-electron chi connectivity index (χ2n) is 8.18. The van der Waals surface area contributed by atoms with Gasteiger partial charge in [-0.25, -0.2) is 41.9 Å². The van der Waals surface area contributed by atoms with E-state index >= 15 is 0 Å². The van der Waals surface area contributed by atoms with Crippen LogP contribution in [0.3, 0.4) is 0 Å². The fraction of sp³-hybridized carbons (Fsp3) is 0.474. The van der Waals surface area contributed by atoms with Crippen LogP contribution >= 0.6 is 0 Å². The SMILES string of the molecule is C[C@H]1CN(c2ccnc(-c3cnc4cnc(C(F)(F)F)cn34)n2)C[C@@H](CNS(C)(=O)=O)C1(F)F. The van der Waals surface area contributed by atoms with Crippen LogP contribution in [0.1, 0.15) is 12.6 Å². The molecule has 0 spiro atoms. The van der Waals surface area contributed by atoms with Crippen LogP contribution in [0.5, 0.6) is 0 Å². The zero-order valence-corrected chi connectivity index (χ0v) is 18.8. The van der Waals surface area contributed by atoms with Gasteiger partial charge in [-0.1, -0.05) is 6.92 Å². The summed E-state index contributed by atoms with van der Waals surface area (Å²) in [5.41, 5.74) is -0.811. The summed E-state index contributed by atoms with van der Waals surface area (Å²) in [5.74, 6) is -5.23. The normalized spacial score (nSPS) is 21.2. The quantitative estimate of drug-likeness (QED) is 0.531. The molecule has 4 heterocycles. The second kappa shape index (κ2) is 8.37. The Bertz CT molecular complexity index is 1310. The largest absolute Gasteiger partial charge is 0.434 e. The average Bonchev–Trinajstić information content (AvgIpc) is 3.17. The molecule has 15 heteroatoms. The molecule has 4 rings (SSSR count). The number of anilines is 1. The zero-order valence-electron chi connectivity index (χ0n) is 18.0. The number of nitrogens with one attached hydrogen (secondary N) is 1. The lowest BCUT2D eigenvalue weighted by atomic mass is 9.86. The minimum atomic E-state index is -4.66. The maximum absolute atomic E-state index is 14.7. The molecule has 9 nitrogen and oxygen atoms in total. The van der Waals surface area contributed by atoms with Gasteiger partial charge in [0.15, 0.2) is 17.2 Å². The third-order valence-corrected chi connectivity index (χ3v) is 6.30. The molecule has 0 bridgehead atoms. The van der Waals surface area contributed by atoms with E-state index in [1.165, 1.54) is 25.4 Å². The number of nitrogens with zero attached hydrogens (tertiary/aromatic N) is 6. The number of hydrogen-bond donors (Lipinski definition) is 1. The molecular formula is C19H20F5N7O2S. The molecule has 0 amide bonds. The number of hydrogen-bond acceptors (Lipinski definition) is 7.